The molecule has 0 aromatic heterocycles. The number of hydrogen-bond acceptors (Lipinski definition) is 1. The second-order valence-electron chi connectivity index (χ2n) is 5.70. The van der Waals surface area contributed by atoms with E-state index < -0.39 is 34.8 Å². The van der Waals surface area contributed by atoms with Crippen molar-refractivity contribution in [2.75, 3.05) is 0 Å². The molecule has 1 N–H and O–H groups in total. The molecular weight excluding hydrogens is 257 g/mol. The molecule has 19 heavy (non-hydrogen) atoms. The molecule has 0 bridgehead atoms. The summed E-state index contributed by atoms with van der Waals surface area (Å²) in [5.74, 6) is -5.07. The lowest BCUT2D eigenvalue weighted by Gasteiger charge is -2.23. The van der Waals surface area contributed by atoms with E-state index in [0.717, 1.165) is 6.07 Å². The van der Waals surface area contributed by atoms with Gasteiger partial charge in [0.1, 0.15) is 5.82 Å². The first-order valence-corrected chi connectivity index (χ1v) is 5.95. The quantitative estimate of drug-likeness (QED) is 0.846. The van der Waals surface area contributed by atoms with Crippen molar-refractivity contribution in [1.29, 1.82) is 0 Å². The van der Waals surface area contributed by atoms with Gasteiger partial charge in [0.15, 0.2) is 11.6 Å². The van der Waals surface area contributed by atoms with E-state index in [1.807, 2.05) is 0 Å². The molecule has 0 amide bonds. The summed E-state index contributed by atoms with van der Waals surface area (Å²) in [4.78, 5) is 10.6. The van der Waals surface area contributed by atoms with Crippen LogP contribution in [-0.2, 0) is 10.2 Å². The van der Waals surface area contributed by atoms with E-state index in [4.69, 9.17) is 5.11 Å². The lowest BCUT2D eigenvalue weighted by Crippen LogP contribution is -2.20. The van der Waals surface area contributed by atoms with Crippen molar-refractivity contribution in [1.82, 2.24) is 0 Å². The molecule has 0 saturated carbocycles. The Balaban J connectivity index is 3.44. The molecule has 0 aliphatic rings. The van der Waals surface area contributed by atoms with Gasteiger partial charge >= 0.3 is 5.97 Å². The molecule has 1 rings (SSSR count). The van der Waals surface area contributed by atoms with Gasteiger partial charge in [0.05, 0.1) is 6.42 Å². The Bertz CT molecular complexity index is 504. The summed E-state index contributed by atoms with van der Waals surface area (Å²) in [6.45, 7) is 6.18. The number of hydrogen-bond donors (Lipinski definition) is 1. The van der Waals surface area contributed by atoms with E-state index in [2.05, 4.69) is 0 Å². The van der Waals surface area contributed by atoms with E-state index in [1.165, 1.54) is 6.92 Å². The standard InChI is InChI=1S/C14H17F3O2/c1-7(5-10(18)19)8-6-9(15)13(17)11(12(8)16)14(2,3)4/h6-7H,5H2,1-4H3,(H,18,19). The number of benzene rings is 1. The first-order valence-electron chi connectivity index (χ1n) is 5.95. The minimum Gasteiger partial charge on any atom is -0.481 e. The molecule has 0 spiro atoms. The van der Waals surface area contributed by atoms with E-state index in [0.29, 0.717) is 0 Å². The third-order valence-electron chi connectivity index (χ3n) is 2.95. The highest BCUT2D eigenvalue weighted by atomic mass is 19.2. The summed E-state index contributed by atoms with van der Waals surface area (Å²) in [5.41, 5.74) is -1.36. The summed E-state index contributed by atoms with van der Waals surface area (Å²) < 4.78 is 41.6. The molecule has 106 valence electrons. The second kappa shape index (κ2) is 5.23. The molecule has 0 fully saturated rings. The average Bonchev–Trinajstić information content (AvgIpc) is 2.20. The van der Waals surface area contributed by atoms with Crippen molar-refractivity contribution in [2.45, 2.75) is 45.4 Å². The van der Waals surface area contributed by atoms with E-state index in [1.54, 1.807) is 20.8 Å². The third kappa shape index (κ3) is 3.28. The van der Waals surface area contributed by atoms with Crippen molar-refractivity contribution in [3.8, 4) is 0 Å². The van der Waals surface area contributed by atoms with Crippen LogP contribution in [-0.4, -0.2) is 11.1 Å². The Hall–Kier alpha value is -1.52. The van der Waals surface area contributed by atoms with Crippen LogP contribution in [0, 0.1) is 17.5 Å². The van der Waals surface area contributed by atoms with Gasteiger partial charge in [0.25, 0.3) is 0 Å². The van der Waals surface area contributed by atoms with Gasteiger partial charge < -0.3 is 5.11 Å². The Labute approximate surface area is 110 Å². The van der Waals surface area contributed by atoms with Crippen LogP contribution in [0.2, 0.25) is 0 Å². The van der Waals surface area contributed by atoms with Crippen LogP contribution in [0.5, 0.6) is 0 Å². The number of aliphatic carboxylic acids is 1. The summed E-state index contributed by atoms with van der Waals surface area (Å²) in [6.07, 6.45) is -0.342. The zero-order valence-corrected chi connectivity index (χ0v) is 11.4. The summed E-state index contributed by atoms with van der Waals surface area (Å²) in [5, 5.41) is 8.70. The van der Waals surface area contributed by atoms with Crippen LogP contribution >= 0.6 is 0 Å². The second-order valence-corrected chi connectivity index (χ2v) is 5.70. The normalized spacial score (nSPS) is 13.4. The van der Waals surface area contributed by atoms with Gasteiger partial charge in [-0.3, -0.25) is 4.79 Å². The molecule has 0 saturated heterocycles. The fraction of sp³-hybridized carbons (Fsp3) is 0.500. The van der Waals surface area contributed by atoms with Crippen molar-refractivity contribution < 1.29 is 23.1 Å². The maximum Gasteiger partial charge on any atom is 0.303 e. The predicted molar refractivity (Wildman–Crippen MR) is 65.7 cm³/mol. The molecule has 5 heteroatoms. The maximum atomic E-state index is 14.3. The first kappa shape index (κ1) is 15.5. The van der Waals surface area contributed by atoms with Crippen LogP contribution in [0.3, 0.4) is 0 Å². The number of carboxylic acids is 1. The summed E-state index contributed by atoms with van der Waals surface area (Å²) in [7, 11) is 0. The minimum absolute atomic E-state index is 0.105. The average molecular weight is 274 g/mol. The lowest BCUT2D eigenvalue weighted by atomic mass is 9.83. The lowest BCUT2D eigenvalue weighted by molar-refractivity contribution is -0.137. The van der Waals surface area contributed by atoms with Crippen LogP contribution in [0.15, 0.2) is 6.07 Å². The SMILES string of the molecule is CC(CC(=O)O)c1cc(F)c(F)c(C(C)(C)C)c1F. The number of carbonyl (C=O) groups is 1. The smallest absolute Gasteiger partial charge is 0.303 e. The molecule has 0 radical (unpaired) electrons. The molecule has 0 aliphatic carbocycles. The zero-order chi connectivity index (χ0) is 15.0. The molecule has 1 aromatic carbocycles. The molecule has 2 nitrogen and oxygen atoms in total. The Morgan fingerprint density at radius 3 is 2.21 bits per heavy atom. The van der Waals surface area contributed by atoms with Crippen LogP contribution in [0.1, 0.15) is 51.2 Å². The molecule has 1 atom stereocenters. The number of rotatable bonds is 3. The van der Waals surface area contributed by atoms with Gasteiger partial charge in [-0.15, -0.1) is 0 Å². The monoisotopic (exact) mass is 274 g/mol. The topological polar surface area (TPSA) is 37.3 Å². The van der Waals surface area contributed by atoms with Crippen LogP contribution in [0.25, 0.3) is 0 Å². The van der Waals surface area contributed by atoms with Gasteiger partial charge in [-0.1, -0.05) is 27.7 Å². The molecular formula is C14H17F3O2. The fourth-order valence-electron chi connectivity index (χ4n) is 2.01. The molecule has 0 aliphatic heterocycles. The van der Waals surface area contributed by atoms with Gasteiger partial charge in [0, 0.05) is 5.56 Å². The van der Waals surface area contributed by atoms with E-state index >= 15 is 0 Å². The van der Waals surface area contributed by atoms with Crippen molar-refractivity contribution >= 4 is 5.97 Å². The Morgan fingerprint density at radius 1 is 1.26 bits per heavy atom. The molecule has 1 unspecified atom stereocenters. The maximum absolute atomic E-state index is 14.3. The fourth-order valence-corrected chi connectivity index (χ4v) is 2.01. The van der Waals surface area contributed by atoms with Crippen molar-refractivity contribution in [3.63, 3.8) is 0 Å². The zero-order valence-electron chi connectivity index (χ0n) is 11.4. The first-order chi connectivity index (χ1) is 8.55. The highest BCUT2D eigenvalue weighted by Gasteiger charge is 2.29. The van der Waals surface area contributed by atoms with Crippen molar-refractivity contribution in [2.24, 2.45) is 0 Å². The van der Waals surface area contributed by atoms with Gasteiger partial charge in [-0.05, 0) is 23.0 Å². The third-order valence-corrected chi connectivity index (χ3v) is 2.95. The molecule has 0 heterocycles. The Morgan fingerprint density at radius 2 is 1.79 bits per heavy atom. The van der Waals surface area contributed by atoms with Crippen LogP contribution in [0.4, 0.5) is 13.2 Å². The minimum atomic E-state index is -1.21. The number of halogens is 3. The van der Waals surface area contributed by atoms with Crippen LogP contribution < -0.4 is 0 Å². The molecule has 1 aromatic rings. The van der Waals surface area contributed by atoms with Gasteiger partial charge in [-0.25, -0.2) is 13.2 Å². The summed E-state index contributed by atoms with van der Waals surface area (Å²) in [6, 6.07) is 0.744. The van der Waals surface area contributed by atoms with Gasteiger partial charge in [-0.2, -0.15) is 0 Å². The highest BCUT2D eigenvalue weighted by molar-refractivity contribution is 5.68. The van der Waals surface area contributed by atoms with E-state index in [-0.39, 0.29) is 17.5 Å². The summed E-state index contributed by atoms with van der Waals surface area (Å²) >= 11 is 0. The highest BCUT2D eigenvalue weighted by Crippen LogP contribution is 2.34. The predicted octanol–water partition coefficient (Wildman–Crippen LogP) is 3.98. The Kier molecular flexibility index (Phi) is 4.28. The largest absolute Gasteiger partial charge is 0.481 e. The van der Waals surface area contributed by atoms with Crippen molar-refractivity contribution in [3.05, 3.63) is 34.6 Å². The van der Waals surface area contributed by atoms with E-state index in [9.17, 15) is 18.0 Å². The number of carboxylic acid groups (broad SMARTS) is 1. The van der Waals surface area contributed by atoms with Gasteiger partial charge in [0.2, 0.25) is 0 Å².